The summed E-state index contributed by atoms with van der Waals surface area (Å²) in [5.74, 6) is -0.217. The molecule has 1 amide bonds. The van der Waals surface area contributed by atoms with Gasteiger partial charge < -0.3 is 11.1 Å². The molecule has 1 fully saturated rings. The molecule has 0 heterocycles. The van der Waals surface area contributed by atoms with Gasteiger partial charge in [0.1, 0.15) is 5.82 Å². The van der Waals surface area contributed by atoms with Crippen molar-refractivity contribution in [1.29, 1.82) is 0 Å². The van der Waals surface area contributed by atoms with Gasteiger partial charge in [0.25, 0.3) is 0 Å². The summed E-state index contributed by atoms with van der Waals surface area (Å²) in [5.41, 5.74) is 5.88. The minimum atomic E-state index is -0.442. The molecule has 18 heavy (non-hydrogen) atoms. The molecule has 0 bridgehead atoms. The Morgan fingerprint density at radius 1 is 1.33 bits per heavy atom. The summed E-state index contributed by atoms with van der Waals surface area (Å²) in [7, 11) is 0. The smallest absolute Gasteiger partial charge is 0.230 e. The molecule has 1 aromatic rings. The molecular formula is C14H19FN2O. The lowest BCUT2D eigenvalue weighted by molar-refractivity contribution is -0.129. The van der Waals surface area contributed by atoms with E-state index in [1.807, 2.05) is 0 Å². The largest absolute Gasteiger partial charge is 0.355 e. The van der Waals surface area contributed by atoms with Gasteiger partial charge in [0.05, 0.1) is 5.41 Å². The van der Waals surface area contributed by atoms with E-state index < -0.39 is 5.41 Å². The van der Waals surface area contributed by atoms with Crippen molar-refractivity contribution in [2.24, 2.45) is 5.73 Å². The lowest BCUT2D eigenvalue weighted by atomic mass is 9.64. The van der Waals surface area contributed by atoms with Gasteiger partial charge in [0, 0.05) is 6.54 Å². The van der Waals surface area contributed by atoms with Gasteiger partial charge in [0.15, 0.2) is 0 Å². The number of carbonyl (C=O) groups excluding carboxylic acids is 1. The van der Waals surface area contributed by atoms with E-state index >= 15 is 0 Å². The highest BCUT2D eigenvalue weighted by Gasteiger charge is 2.45. The summed E-state index contributed by atoms with van der Waals surface area (Å²) in [6, 6.07) is 6.28. The molecule has 1 saturated carbocycles. The molecular weight excluding hydrogens is 231 g/mol. The van der Waals surface area contributed by atoms with Crippen LogP contribution in [0.25, 0.3) is 0 Å². The summed E-state index contributed by atoms with van der Waals surface area (Å²) in [4.78, 5) is 12.3. The van der Waals surface area contributed by atoms with Crippen molar-refractivity contribution in [2.45, 2.75) is 31.1 Å². The van der Waals surface area contributed by atoms with Gasteiger partial charge in [-0.05, 0) is 43.5 Å². The lowest BCUT2D eigenvalue weighted by Gasteiger charge is -2.40. The van der Waals surface area contributed by atoms with E-state index in [0.717, 1.165) is 31.2 Å². The Hall–Kier alpha value is -1.42. The molecule has 0 unspecified atom stereocenters. The van der Waals surface area contributed by atoms with E-state index in [-0.39, 0.29) is 11.7 Å². The van der Waals surface area contributed by atoms with Crippen LogP contribution >= 0.6 is 0 Å². The maximum atomic E-state index is 12.9. The molecule has 2 rings (SSSR count). The summed E-state index contributed by atoms with van der Waals surface area (Å²) in [6.45, 7) is 1.18. The Morgan fingerprint density at radius 3 is 2.50 bits per heavy atom. The Bertz CT molecular complexity index is 412. The van der Waals surface area contributed by atoms with Crippen molar-refractivity contribution in [1.82, 2.24) is 5.32 Å². The van der Waals surface area contributed by atoms with Gasteiger partial charge in [-0.25, -0.2) is 4.39 Å². The maximum absolute atomic E-state index is 12.9. The highest BCUT2D eigenvalue weighted by Crippen LogP contribution is 2.43. The van der Waals surface area contributed by atoms with E-state index in [2.05, 4.69) is 5.32 Å². The predicted octanol–water partition coefficient (Wildman–Crippen LogP) is 1.71. The third kappa shape index (κ3) is 2.38. The molecule has 0 radical (unpaired) electrons. The normalized spacial score (nSPS) is 17.0. The Morgan fingerprint density at radius 2 is 2.00 bits per heavy atom. The van der Waals surface area contributed by atoms with Gasteiger partial charge >= 0.3 is 0 Å². The van der Waals surface area contributed by atoms with Crippen molar-refractivity contribution in [3.05, 3.63) is 35.6 Å². The second-order valence-corrected chi connectivity index (χ2v) is 4.84. The van der Waals surface area contributed by atoms with Crippen LogP contribution in [-0.2, 0) is 10.2 Å². The number of nitrogens with one attached hydrogen (secondary N) is 1. The molecule has 0 aromatic heterocycles. The zero-order valence-corrected chi connectivity index (χ0v) is 10.4. The molecule has 4 heteroatoms. The van der Waals surface area contributed by atoms with Crippen molar-refractivity contribution in [3.8, 4) is 0 Å². The maximum Gasteiger partial charge on any atom is 0.230 e. The Kier molecular flexibility index (Phi) is 3.97. The zero-order chi connectivity index (χ0) is 13.0. The van der Waals surface area contributed by atoms with Crippen LogP contribution in [0.1, 0.15) is 31.2 Å². The third-order valence-corrected chi connectivity index (χ3v) is 3.71. The predicted molar refractivity (Wildman–Crippen MR) is 68.6 cm³/mol. The first-order valence-electron chi connectivity index (χ1n) is 6.43. The average Bonchev–Trinajstić information content (AvgIpc) is 2.30. The Balaban J connectivity index is 2.10. The molecule has 1 aromatic carbocycles. The fraction of sp³-hybridized carbons (Fsp3) is 0.500. The van der Waals surface area contributed by atoms with Crippen LogP contribution in [0.3, 0.4) is 0 Å². The van der Waals surface area contributed by atoms with Crippen LogP contribution in [0.15, 0.2) is 24.3 Å². The molecule has 0 atom stereocenters. The minimum absolute atomic E-state index is 0.0498. The van der Waals surface area contributed by atoms with Crippen molar-refractivity contribution in [2.75, 3.05) is 13.1 Å². The molecule has 1 aliphatic carbocycles. The number of halogens is 1. The van der Waals surface area contributed by atoms with E-state index in [0.29, 0.717) is 13.1 Å². The number of nitrogens with two attached hydrogens (primary N) is 1. The van der Waals surface area contributed by atoms with Gasteiger partial charge in [-0.1, -0.05) is 18.6 Å². The third-order valence-electron chi connectivity index (χ3n) is 3.71. The first kappa shape index (κ1) is 13.0. The molecule has 0 aliphatic heterocycles. The second-order valence-electron chi connectivity index (χ2n) is 4.84. The SMILES string of the molecule is NCCCNC(=O)C1(c2ccc(F)cc2)CCC1. The standard InChI is InChI=1S/C14H19FN2O/c15-12-5-3-11(4-6-12)14(7-1-8-14)13(18)17-10-2-9-16/h3-6H,1-2,7-10,16H2,(H,17,18). The van der Waals surface area contributed by atoms with Gasteiger partial charge in [0.2, 0.25) is 5.91 Å². The van der Waals surface area contributed by atoms with Crippen LogP contribution in [-0.4, -0.2) is 19.0 Å². The van der Waals surface area contributed by atoms with Crippen LogP contribution in [0.4, 0.5) is 4.39 Å². The topological polar surface area (TPSA) is 55.1 Å². The molecule has 3 nitrogen and oxygen atoms in total. The van der Waals surface area contributed by atoms with Crippen molar-refractivity contribution < 1.29 is 9.18 Å². The zero-order valence-electron chi connectivity index (χ0n) is 10.4. The fourth-order valence-electron chi connectivity index (χ4n) is 2.42. The molecule has 0 saturated heterocycles. The number of benzene rings is 1. The quantitative estimate of drug-likeness (QED) is 0.782. The van der Waals surface area contributed by atoms with E-state index in [9.17, 15) is 9.18 Å². The number of rotatable bonds is 5. The molecule has 3 N–H and O–H groups in total. The number of hydrogen-bond acceptors (Lipinski definition) is 2. The molecule has 1 aliphatic rings. The van der Waals surface area contributed by atoms with E-state index in [1.165, 1.54) is 12.1 Å². The van der Waals surface area contributed by atoms with Crippen LogP contribution in [0.5, 0.6) is 0 Å². The van der Waals surface area contributed by atoms with Crippen LogP contribution in [0, 0.1) is 5.82 Å². The molecule has 98 valence electrons. The van der Waals surface area contributed by atoms with Crippen molar-refractivity contribution in [3.63, 3.8) is 0 Å². The Labute approximate surface area is 107 Å². The number of carbonyl (C=O) groups is 1. The number of amides is 1. The van der Waals surface area contributed by atoms with Gasteiger partial charge in [-0.2, -0.15) is 0 Å². The highest BCUT2D eigenvalue weighted by atomic mass is 19.1. The van der Waals surface area contributed by atoms with Gasteiger partial charge in [-0.15, -0.1) is 0 Å². The second kappa shape index (κ2) is 5.48. The summed E-state index contributed by atoms with van der Waals surface area (Å²) in [6.07, 6.45) is 3.51. The van der Waals surface area contributed by atoms with Crippen LogP contribution < -0.4 is 11.1 Å². The summed E-state index contributed by atoms with van der Waals surface area (Å²) >= 11 is 0. The van der Waals surface area contributed by atoms with Crippen molar-refractivity contribution >= 4 is 5.91 Å². The van der Waals surface area contributed by atoms with Crippen LogP contribution in [0.2, 0.25) is 0 Å². The number of hydrogen-bond donors (Lipinski definition) is 2. The van der Waals surface area contributed by atoms with E-state index in [4.69, 9.17) is 5.73 Å². The highest BCUT2D eigenvalue weighted by molar-refractivity contribution is 5.89. The minimum Gasteiger partial charge on any atom is -0.355 e. The fourth-order valence-corrected chi connectivity index (χ4v) is 2.42. The first-order chi connectivity index (χ1) is 8.69. The van der Waals surface area contributed by atoms with Gasteiger partial charge in [-0.3, -0.25) is 4.79 Å². The summed E-state index contributed by atoms with van der Waals surface area (Å²) in [5, 5.41) is 2.93. The summed E-state index contributed by atoms with van der Waals surface area (Å²) < 4.78 is 12.9. The van der Waals surface area contributed by atoms with E-state index in [1.54, 1.807) is 12.1 Å². The first-order valence-corrected chi connectivity index (χ1v) is 6.43. The monoisotopic (exact) mass is 250 g/mol. The molecule has 0 spiro atoms. The lowest BCUT2D eigenvalue weighted by Crippen LogP contribution is -2.49. The average molecular weight is 250 g/mol.